The second kappa shape index (κ2) is 4.08. The highest BCUT2D eigenvalue weighted by Gasteiger charge is 2.67. The van der Waals surface area contributed by atoms with E-state index in [9.17, 15) is 4.79 Å². The average molecular weight is 300 g/mol. The van der Waals surface area contributed by atoms with Gasteiger partial charge in [-0.15, -0.1) is 0 Å². The highest BCUT2D eigenvalue weighted by Crippen LogP contribution is 2.75. The fraction of sp³-hybridized carbons (Fsp3) is 0.857. The Hall–Kier alpha value is -0.590. The van der Waals surface area contributed by atoms with Crippen LogP contribution >= 0.6 is 0 Å². The van der Waals surface area contributed by atoms with Gasteiger partial charge in [-0.3, -0.25) is 4.79 Å². The maximum atomic E-state index is 12.7. The SMILES string of the molecule is CC1C[C@H]2C(C)(C)CCC[C@]2(C)[C@@]23CCC(C)(C2)C(=O)C=C13. The van der Waals surface area contributed by atoms with Crippen molar-refractivity contribution in [3.05, 3.63) is 11.6 Å². The summed E-state index contributed by atoms with van der Waals surface area (Å²) in [6, 6.07) is 0. The van der Waals surface area contributed by atoms with E-state index in [4.69, 9.17) is 0 Å². The molecule has 0 amide bonds. The molecule has 0 heterocycles. The van der Waals surface area contributed by atoms with Gasteiger partial charge in [-0.1, -0.05) is 46.6 Å². The van der Waals surface area contributed by atoms with E-state index < -0.39 is 0 Å². The third-order valence-electron chi connectivity index (χ3n) is 8.67. The van der Waals surface area contributed by atoms with Gasteiger partial charge in [0, 0.05) is 5.41 Å². The molecule has 1 nitrogen and oxygen atoms in total. The normalized spacial score (nSPS) is 52.8. The lowest BCUT2D eigenvalue weighted by molar-refractivity contribution is -0.133. The molecule has 4 aliphatic rings. The summed E-state index contributed by atoms with van der Waals surface area (Å²) < 4.78 is 0. The monoisotopic (exact) mass is 300 g/mol. The first-order chi connectivity index (χ1) is 10.1. The second-order valence-electron chi connectivity index (χ2n) is 10.2. The lowest BCUT2D eigenvalue weighted by Gasteiger charge is -2.65. The minimum Gasteiger partial charge on any atom is -0.294 e. The molecular formula is C21H32O. The van der Waals surface area contributed by atoms with Crippen LogP contribution in [0.2, 0.25) is 0 Å². The quantitative estimate of drug-likeness (QED) is 0.573. The molecule has 5 atom stereocenters. The van der Waals surface area contributed by atoms with Crippen LogP contribution in [0.4, 0.5) is 0 Å². The van der Waals surface area contributed by atoms with Crippen molar-refractivity contribution in [1.82, 2.24) is 0 Å². The van der Waals surface area contributed by atoms with Crippen LogP contribution in [0.25, 0.3) is 0 Å². The molecule has 0 saturated heterocycles. The third kappa shape index (κ3) is 1.54. The summed E-state index contributed by atoms with van der Waals surface area (Å²) in [5.41, 5.74) is 2.68. The minimum atomic E-state index is -0.0598. The maximum absolute atomic E-state index is 12.7. The van der Waals surface area contributed by atoms with E-state index in [1.807, 2.05) is 0 Å². The zero-order valence-corrected chi connectivity index (χ0v) is 15.1. The molecule has 0 aromatic rings. The van der Waals surface area contributed by atoms with Crippen LogP contribution in [0.1, 0.15) is 79.6 Å². The zero-order chi connectivity index (χ0) is 16.0. The number of hydrogen-bond donors (Lipinski definition) is 0. The Labute approximate surface area is 135 Å². The van der Waals surface area contributed by atoms with E-state index in [0.29, 0.717) is 27.9 Å². The highest BCUT2D eigenvalue weighted by atomic mass is 16.1. The van der Waals surface area contributed by atoms with Crippen LogP contribution in [0.5, 0.6) is 0 Å². The number of ketones is 1. The van der Waals surface area contributed by atoms with Crippen molar-refractivity contribution in [1.29, 1.82) is 0 Å². The van der Waals surface area contributed by atoms with Crippen LogP contribution in [0, 0.1) is 33.5 Å². The molecule has 0 aromatic carbocycles. The van der Waals surface area contributed by atoms with E-state index >= 15 is 0 Å². The standard InChI is InChI=1S/C21H32O/c1-14-11-16-18(2,3)7-6-8-20(16,5)21-10-9-19(4,13-21)17(22)12-15(14)21/h12,14,16H,6-11,13H2,1-5H3/t14?,16-,19?,20-,21-/m0/s1. The third-order valence-corrected chi connectivity index (χ3v) is 8.67. The lowest BCUT2D eigenvalue weighted by atomic mass is 9.39. The molecule has 4 rings (SSSR count). The topological polar surface area (TPSA) is 17.1 Å². The molecule has 0 radical (unpaired) electrons. The molecule has 0 aromatic heterocycles. The van der Waals surface area contributed by atoms with Crippen molar-refractivity contribution in [3.63, 3.8) is 0 Å². The fourth-order valence-corrected chi connectivity index (χ4v) is 7.43. The number of hydrogen-bond acceptors (Lipinski definition) is 1. The van der Waals surface area contributed by atoms with Gasteiger partial charge in [-0.25, -0.2) is 0 Å². The van der Waals surface area contributed by atoms with Crippen molar-refractivity contribution in [2.45, 2.75) is 79.6 Å². The van der Waals surface area contributed by atoms with E-state index in [1.165, 1.54) is 32.1 Å². The smallest absolute Gasteiger partial charge is 0.161 e. The summed E-state index contributed by atoms with van der Waals surface area (Å²) in [6.45, 7) is 12.2. The Bertz CT molecular complexity index is 570. The molecule has 0 N–H and O–H groups in total. The molecule has 2 bridgehead atoms. The van der Waals surface area contributed by atoms with Gasteiger partial charge in [-0.05, 0) is 72.7 Å². The average Bonchev–Trinajstić information content (AvgIpc) is 2.74. The summed E-state index contributed by atoms with van der Waals surface area (Å²) >= 11 is 0. The van der Waals surface area contributed by atoms with E-state index in [-0.39, 0.29) is 5.41 Å². The van der Waals surface area contributed by atoms with Crippen molar-refractivity contribution < 1.29 is 4.79 Å². The summed E-state index contributed by atoms with van der Waals surface area (Å²) in [4.78, 5) is 12.7. The van der Waals surface area contributed by atoms with Crippen molar-refractivity contribution in [2.24, 2.45) is 33.5 Å². The molecule has 1 heteroatoms. The van der Waals surface area contributed by atoms with Crippen LogP contribution < -0.4 is 0 Å². The summed E-state index contributed by atoms with van der Waals surface area (Å²) in [5, 5.41) is 0. The van der Waals surface area contributed by atoms with E-state index in [0.717, 1.165) is 18.8 Å². The number of allylic oxidation sites excluding steroid dienone is 2. The fourth-order valence-electron chi connectivity index (χ4n) is 7.43. The Morgan fingerprint density at radius 1 is 1.05 bits per heavy atom. The van der Waals surface area contributed by atoms with Gasteiger partial charge < -0.3 is 0 Å². The lowest BCUT2D eigenvalue weighted by Crippen LogP contribution is -2.58. The zero-order valence-electron chi connectivity index (χ0n) is 15.1. The molecule has 22 heavy (non-hydrogen) atoms. The van der Waals surface area contributed by atoms with Gasteiger partial charge in [0.1, 0.15) is 0 Å². The van der Waals surface area contributed by atoms with Crippen molar-refractivity contribution >= 4 is 5.78 Å². The maximum Gasteiger partial charge on any atom is 0.161 e. The Kier molecular flexibility index (Phi) is 2.78. The van der Waals surface area contributed by atoms with Crippen LogP contribution in [0.3, 0.4) is 0 Å². The molecule has 3 saturated carbocycles. The largest absolute Gasteiger partial charge is 0.294 e. The molecule has 4 aliphatic carbocycles. The van der Waals surface area contributed by atoms with Crippen molar-refractivity contribution in [2.75, 3.05) is 0 Å². The molecule has 2 unspecified atom stereocenters. The summed E-state index contributed by atoms with van der Waals surface area (Å²) in [7, 11) is 0. The minimum absolute atomic E-state index is 0.0598. The van der Waals surface area contributed by atoms with Crippen LogP contribution in [-0.2, 0) is 4.79 Å². The second-order valence-corrected chi connectivity index (χ2v) is 10.2. The summed E-state index contributed by atoms with van der Waals surface area (Å²) in [6.07, 6.45) is 11.0. The molecular weight excluding hydrogens is 268 g/mol. The number of carbonyl (C=O) groups excluding carboxylic acids is 1. The van der Waals surface area contributed by atoms with E-state index in [2.05, 4.69) is 40.7 Å². The highest BCUT2D eigenvalue weighted by molar-refractivity contribution is 5.97. The van der Waals surface area contributed by atoms with Gasteiger partial charge >= 0.3 is 0 Å². The first-order valence-corrected chi connectivity index (χ1v) is 9.41. The Morgan fingerprint density at radius 2 is 1.77 bits per heavy atom. The molecule has 0 aliphatic heterocycles. The Balaban J connectivity index is 1.91. The Morgan fingerprint density at radius 3 is 2.50 bits per heavy atom. The molecule has 3 fully saturated rings. The predicted molar refractivity (Wildman–Crippen MR) is 90.5 cm³/mol. The first-order valence-electron chi connectivity index (χ1n) is 9.41. The van der Waals surface area contributed by atoms with Gasteiger partial charge in [-0.2, -0.15) is 0 Å². The van der Waals surface area contributed by atoms with Crippen molar-refractivity contribution in [3.8, 4) is 0 Å². The predicted octanol–water partition coefficient (Wildman–Crippen LogP) is 5.54. The van der Waals surface area contributed by atoms with Gasteiger partial charge in [0.05, 0.1) is 0 Å². The van der Waals surface area contributed by atoms with Crippen LogP contribution in [-0.4, -0.2) is 5.78 Å². The van der Waals surface area contributed by atoms with Gasteiger partial charge in [0.25, 0.3) is 0 Å². The summed E-state index contributed by atoms with van der Waals surface area (Å²) in [5.74, 6) is 1.85. The van der Waals surface area contributed by atoms with E-state index in [1.54, 1.807) is 5.57 Å². The molecule has 1 spiro atoms. The van der Waals surface area contributed by atoms with Gasteiger partial charge in [0.15, 0.2) is 5.78 Å². The number of rotatable bonds is 0. The van der Waals surface area contributed by atoms with Crippen LogP contribution in [0.15, 0.2) is 11.6 Å². The number of carbonyl (C=O) groups is 1. The van der Waals surface area contributed by atoms with Gasteiger partial charge in [0.2, 0.25) is 0 Å². The number of fused-ring (bicyclic) bond motifs is 2. The first kappa shape index (κ1) is 15.0. The molecule has 122 valence electrons.